The molecule has 2 heterocycles. The molecule has 1 amide bonds. The van der Waals surface area contributed by atoms with Gasteiger partial charge in [-0.3, -0.25) is 10.2 Å². The highest BCUT2D eigenvalue weighted by Crippen LogP contribution is 2.26. The van der Waals surface area contributed by atoms with Crippen LogP contribution in [-0.4, -0.2) is 39.7 Å². The van der Waals surface area contributed by atoms with E-state index in [1.807, 2.05) is 66.7 Å². The van der Waals surface area contributed by atoms with Crippen LogP contribution in [0.25, 0.3) is 10.9 Å². The molecular weight excluding hydrogens is 452 g/mol. The van der Waals surface area contributed by atoms with Crippen LogP contribution in [0.2, 0.25) is 0 Å². The molecule has 4 N–H and O–H groups in total. The van der Waals surface area contributed by atoms with Crippen LogP contribution in [0.15, 0.2) is 85.2 Å². The number of fused-ring (bicyclic) bond motifs is 1. The van der Waals surface area contributed by atoms with Gasteiger partial charge in [0.05, 0.1) is 5.52 Å². The number of ether oxygens (including phenoxy) is 1. The van der Waals surface area contributed by atoms with Gasteiger partial charge in [-0.25, -0.2) is 9.97 Å². The largest absolute Gasteiger partial charge is 0.489 e. The van der Waals surface area contributed by atoms with Crippen molar-refractivity contribution in [2.24, 2.45) is 5.73 Å². The maximum Gasteiger partial charge on any atom is 0.254 e. The van der Waals surface area contributed by atoms with Gasteiger partial charge in [-0.1, -0.05) is 42.5 Å². The third-order valence-electron chi connectivity index (χ3n) is 6.04. The van der Waals surface area contributed by atoms with E-state index in [2.05, 4.69) is 15.3 Å². The molecule has 0 bridgehead atoms. The molecule has 0 saturated heterocycles. The summed E-state index contributed by atoms with van der Waals surface area (Å²) in [6, 6.07) is 20.9. The van der Waals surface area contributed by atoms with Gasteiger partial charge in [0.25, 0.3) is 5.91 Å². The minimum Gasteiger partial charge on any atom is -0.489 e. The number of benzene rings is 3. The van der Waals surface area contributed by atoms with E-state index < -0.39 is 0 Å². The number of aromatic nitrogens is 2. The first kappa shape index (κ1) is 23.0. The normalized spacial score (nSPS) is 12.6. The maximum absolute atomic E-state index is 12.8. The number of nitrogens with zero attached hydrogens (tertiary/aromatic N) is 3. The van der Waals surface area contributed by atoms with Gasteiger partial charge in [0.1, 0.15) is 30.3 Å². The SMILES string of the molecule is N=C(N)c1ccc(OCc2ccccc2)c(CNc2ncnc3cc(C(=O)N4CC=CC4)ccc23)c1. The highest BCUT2D eigenvalue weighted by atomic mass is 16.5. The molecule has 0 spiro atoms. The van der Waals surface area contributed by atoms with Crippen molar-refractivity contribution in [2.75, 3.05) is 18.4 Å². The molecule has 0 fully saturated rings. The first-order valence-corrected chi connectivity index (χ1v) is 11.7. The van der Waals surface area contributed by atoms with Crippen molar-refractivity contribution in [3.63, 3.8) is 0 Å². The van der Waals surface area contributed by atoms with Crippen LogP contribution in [-0.2, 0) is 13.2 Å². The average molecular weight is 479 g/mol. The summed E-state index contributed by atoms with van der Waals surface area (Å²) in [5.41, 5.74) is 9.53. The number of rotatable bonds is 8. The van der Waals surface area contributed by atoms with Crippen molar-refractivity contribution >= 4 is 28.5 Å². The van der Waals surface area contributed by atoms with Gasteiger partial charge in [-0.2, -0.15) is 0 Å². The Labute approximate surface area is 209 Å². The summed E-state index contributed by atoms with van der Waals surface area (Å²) in [5, 5.41) is 12.0. The van der Waals surface area contributed by atoms with Crippen LogP contribution in [0, 0.1) is 5.41 Å². The predicted octanol–water partition coefficient (Wildman–Crippen LogP) is 4.12. The molecule has 0 unspecified atom stereocenters. The zero-order valence-electron chi connectivity index (χ0n) is 19.6. The summed E-state index contributed by atoms with van der Waals surface area (Å²) in [4.78, 5) is 23.3. The van der Waals surface area contributed by atoms with Gasteiger partial charge in [0.2, 0.25) is 0 Å². The lowest BCUT2D eigenvalue weighted by Crippen LogP contribution is -2.28. The van der Waals surface area contributed by atoms with Crippen molar-refractivity contribution in [3.8, 4) is 5.75 Å². The second-order valence-electron chi connectivity index (χ2n) is 8.50. The number of carbonyl (C=O) groups is 1. The minimum atomic E-state index is -0.0173. The van der Waals surface area contributed by atoms with Crippen LogP contribution < -0.4 is 15.8 Å². The number of carbonyl (C=O) groups excluding carboxylic acids is 1. The summed E-state index contributed by atoms with van der Waals surface area (Å²) in [6.45, 7) is 2.08. The Morgan fingerprint density at radius 1 is 1.00 bits per heavy atom. The van der Waals surface area contributed by atoms with E-state index >= 15 is 0 Å². The number of nitrogens with one attached hydrogen (secondary N) is 2. The van der Waals surface area contributed by atoms with E-state index in [1.165, 1.54) is 6.33 Å². The summed E-state index contributed by atoms with van der Waals surface area (Å²) < 4.78 is 6.09. The van der Waals surface area contributed by atoms with Gasteiger partial charge in [-0.05, 0) is 42.0 Å². The second kappa shape index (κ2) is 10.3. The Morgan fingerprint density at radius 2 is 1.78 bits per heavy atom. The molecule has 36 heavy (non-hydrogen) atoms. The number of nitrogen functional groups attached to an aromatic ring is 1. The fourth-order valence-electron chi connectivity index (χ4n) is 4.10. The highest BCUT2D eigenvalue weighted by Gasteiger charge is 2.17. The van der Waals surface area contributed by atoms with Crippen LogP contribution >= 0.6 is 0 Å². The molecule has 1 aromatic heterocycles. The maximum atomic E-state index is 12.8. The van der Waals surface area contributed by atoms with Crippen LogP contribution in [0.3, 0.4) is 0 Å². The van der Waals surface area contributed by atoms with Crippen molar-refractivity contribution in [1.82, 2.24) is 14.9 Å². The number of anilines is 1. The highest BCUT2D eigenvalue weighted by molar-refractivity contribution is 6.00. The molecular formula is C28H26N6O2. The van der Waals surface area contributed by atoms with E-state index in [0.29, 0.717) is 54.5 Å². The molecule has 1 aliphatic heterocycles. The van der Waals surface area contributed by atoms with Crippen molar-refractivity contribution in [1.29, 1.82) is 5.41 Å². The Hall–Kier alpha value is -4.72. The third kappa shape index (κ3) is 5.02. The molecule has 180 valence electrons. The Bertz CT molecular complexity index is 1440. The summed E-state index contributed by atoms with van der Waals surface area (Å²) >= 11 is 0. The minimum absolute atomic E-state index is 0.0104. The lowest BCUT2D eigenvalue weighted by atomic mass is 10.1. The van der Waals surface area contributed by atoms with Crippen molar-refractivity contribution < 1.29 is 9.53 Å². The fraction of sp³-hybridized carbons (Fsp3) is 0.143. The number of amides is 1. The number of amidine groups is 1. The Balaban J connectivity index is 1.37. The van der Waals surface area contributed by atoms with E-state index in [9.17, 15) is 4.79 Å². The van der Waals surface area contributed by atoms with Gasteiger partial charge < -0.3 is 20.7 Å². The van der Waals surface area contributed by atoms with E-state index in [-0.39, 0.29) is 11.7 Å². The first-order chi connectivity index (χ1) is 17.6. The van der Waals surface area contributed by atoms with Gasteiger partial charge in [0.15, 0.2) is 0 Å². The second-order valence-corrected chi connectivity index (χ2v) is 8.50. The monoisotopic (exact) mass is 478 g/mol. The summed E-state index contributed by atoms with van der Waals surface area (Å²) in [7, 11) is 0. The van der Waals surface area contributed by atoms with Crippen LogP contribution in [0.4, 0.5) is 5.82 Å². The van der Waals surface area contributed by atoms with Gasteiger partial charge in [0, 0.05) is 41.7 Å². The molecule has 8 heteroatoms. The fourth-order valence-corrected chi connectivity index (χ4v) is 4.10. The zero-order chi connectivity index (χ0) is 24.9. The lowest BCUT2D eigenvalue weighted by molar-refractivity contribution is 0.0800. The van der Waals surface area contributed by atoms with Crippen molar-refractivity contribution in [3.05, 3.63) is 107 Å². The molecule has 0 radical (unpaired) electrons. The topological polar surface area (TPSA) is 117 Å². The molecule has 5 rings (SSSR count). The first-order valence-electron chi connectivity index (χ1n) is 11.7. The van der Waals surface area contributed by atoms with E-state index in [0.717, 1.165) is 16.5 Å². The van der Waals surface area contributed by atoms with Crippen molar-refractivity contribution in [2.45, 2.75) is 13.2 Å². The van der Waals surface area contributed by atoms with Crippen LogP contribution in [0.1, 0.15) is 27.0 Å². The number of hydrogen-bond donors (Lipinski definition) is 3. The van der Waals surface area contributed by atoms with Crippen LogP contribution in [0.5, 0.6) is 5.75 Å². The molecule has 3 aromatic carbocycles. The Morgan fingerprint density at radius 3 is 2.56 bits per heavy atom. The third-order valence-corrected chi connectivity index (χ3v) is 6.04. The Kier molecular flexibility index (Phi) is 6.57. The lowest BCUT2D eigenvalue weighted by Gasteiger charge is -2.16. The standard InChI is InChI=1S/C28H26N6O2/c29-26(30)20-9-11-25(36-17-19-6-2-1-3-7-19)22(14-20)16-31-27-23-10-8-21(15-24(23)32-18-33-27)28(35)34-12-4-5-13-34/h1-11,14-15,18H,12-13,16-17H2,(H3,29,30)(H,31,32,33). The molecule has 0 aliphatic carbocycles. The zero-order valence-corrected chi connectivity index (χ0v) is 19.6. The molecule has 4 aromatic rings. The quantitative estimate of drug-likeness (QED) is 0.199. The number of hydrogen-bond acceptors (Lipinski definition) is 6. The molecule has 8 nitrogen and oxygen atoms in total. The smallest absolute Gasteiger partial charge is 0.254 e. The molecule has 1 aliphatic rings. The van der Waals surface area contributed by atoms with E-state index in [1.54, 1.807) is 17.0 Å². The summed E-state index contributed by atoms with van der Waals surface area (Å²) in [6.07, 6.45) is 5.46. The number of nitrogens with two attached hydrogens (primary N) is 1. The van der Waals surface area contributed by atoms with Gasteiger partial charge >= 0.3 is 0 Å². The average Bonchev–Trinajstić information content (AvgIpc) is 3.46. The molecule has 0 atom stereocenters. The molecule has 0 saturated carbocycles. The van der Waals surface area contributed by atoms with E-state index in [4.69, 9.17) is 15.9 Å². The van der Waals surface area contributed by atoms with Gasteiger partial charge in [-0.15, -0.1) is 0 Å². The summed E-state index contributed by atoms with van der Waals surface area (Å²) in [5.74, 6) is 1.31. The predicted molar refractivity (Wildman–Crippen MR) is 140 cm³/mol.